The highest BCUT2D eigenvalue weighted by Crippen LogP contribution is 2.21. The molecule has 0 unspecified atom stereocenters. The van der Waals surface area contributed by atoms with Gasteiger partial charge in [0, 0.05) is 38.9 Å². The van der Waals surface area contributed by atoms with Gasteiger partial charge in [0.15, 0.2) is 0 Å². The molecule has 0 bridgehead atoms. The fraction of sp³-hybridized carbons (Fsp3) is 0.500. The van der Waals surface area contributed by atoms with Crippen LogP contribution in [-0.4, -0.2) is 56.0 Å². The topological polar surface area (TPSA) is 61.9 Å². The SMILES string of the molecule is COc1cccc(NC(=O)[C@H]2CCCN(C(=O)N(C)C)C2)c1. The number of rotatable bonds is 3. The Kier molecular flexibility index (Phi) is 5.25. The first kappa shape index (κ1) is 16.1. The van der Waals surface area contributed by atoms with Gasteiger partial charge in [-0.3, -0.25) is 4.79 Å². The van der Waals surface area contributed by atoms with E-state index in [1.807, 2.05) is 18.2 Å². The number of nitrogens with one attached hydrogen (secondary N) is 1. The van der Waals surface area contributed by atoms with E-state index in [2.05, 4.69) is 5.32 Å². The molecular weight excluding hydrogens is 282 g/mol. The van der Waals surface area contributed by atoms with Gasteiger partial charge >= 0.3 is 6.03 Å². The zero-order chi connectivity index (χ0) is 16.1. The minimum absolute atomic E-state index is 0.0427. The van der Waals surface area contributed by atoms with E-state index in [0.717, 1.165) is 12.8 Å². The van der Waals surface area contributed by atoms with Gasteiger partial charge < -0.3 is 19.9 Å². The molecule has 1 atom stereocenters. The molecule has 1 saturated heterocycles. The number of ether oxygens (including phenoxy) is 1. The molecule has 22 heavy (non-hydrogen) atoms. The second-order valence-corrected chi connectivity index (χ2v) is 5.68. The van der Waals surface area contributed by atoms with E-state index in [1.165, 1.54) is 0 Å². The quantitative estimate of drug-likeness (QED) is 0.929. The number of nitrogens with zero attached hydrogens (tertiary/aromatic N) is 2. The number of piperidine rings is 1. The normalized spacial score (nSPS) is 17.8. The highest BCUT2D eigenvalue weighted by Gasteiger charge is 2.29. The molecule has 1 aromatic carbocycles. The number of hydrogen-bond acceptors (Lipinski definition) is 3. The van der Waals surface area contributed by atoms with Crippen LogP contribution in [0.3, 0.4) is 0 Å². The van der Waals surface area contributed by atoms with Crippen molar-refractivity contribution >= 4 is 17.6 Å². The van der Waals surface area contributed by atoms with Crippen LogP contribution in [0.4, 0.5) is 10.5 Å². The van der Waals surface area contributed by atoms with Crippen LogP contribution in [0.2, 0.25) is 0 Å². The van der Waals surface area contributed by atoms with Crippen molar-refractivity contribution in [3.8, 4) is 5.75 Å². The summed E-state index contributed by atoms with van der Waals surface area (Å²) < 4.78 is 5.15. The van der Waals surface area contributed by atoms with Crippen molar-refractivity contribution in [2.24, 2.45) is 5.92 Å². The first-order chi connectivity index (χ1) is 10.5. The third-order valence-electron chi connectivity index (χ3n) is 3.78. The standard InChI is InChI=1S/C16H23N3O3/c1-18(2)16(21)19-9-5-6-12(11-19)15(20)17-13-7-4-8-14(10-13)22-3/h4,7-8,10,12H,5-6,9,11H2,1-3H3,(H,17,20)/t12-/m0/s1. The number of anilines is 1. The first-order valence-electron chi connectivity index (χ1n) is 7.42. The van der Waals surface area contributed by atoms with Gasteiger partial charge in [0.25, 0.3) is 0 Å². The van der Waals surface area contributed by atoms with Gasteiger partial charge in [-0.15, -0.1) is 0 Å². The third-order valence-corrected chi connectivity index (χ3v) is 3.78. The summed E-state index contributed by atoms with van der Waals surface area (Å²) in [6.07, 6.45) is 1.64. The molecule has 1 heterocycles. The summed E-state index contributed by atoms with van der Waals surface area (Å²) in [5.74, 6) is 0.471. The van der Waals surface area contributed by atoms with Crippen molar-refractivity contribution < 1.29 is 14.3 Å². The zero-order valence-electron chi connectivity index (χ0n) is 13.3. The lowest BCUT2D eigenvalue weighted by atomic mass is 9.97. The lowest BCUT2D eigenvalue weighted by Crippen LogP contribution is -2.47. The minimum atomic E-state index is -0.177. The lowest BCUT2D eigenvalue weighted by molar-refractivity contribution is -0.121. The average molecular weight is 305 g/mol. The molecule has 120 valence electrons. The molecule has 0 aliphatic carbocycles. The van der Waals surface area contributed by atoms with Crippen molar-refractivity contribution in [2.45, 2.75) is 12.8 Å². The Morgan fingerprint density at radius 3 is 2.82 bits per heavy atom. The number of amides is 3. The predicted octanol–water partition coefficient (Wildman–Crippen LogP) is 2.03. The van der Waals surface area contributed by atoms with Gasteiger partial charge in [-0.2, -0.15) is 0 Å². The number of hydrogen-bond donors (Lipinski definition) is 1. The van der Waals surface area contributed by atoms with Crippen molar-refractivity contribution in [1.29, 1.82) is 0 Å². The highest BCUT2D eigenvalue weighted by atomic mass is 16.5. The predicted molar refractivity (Wildman–Crippen MR) is 85.0 cm³/mol. The molecule has 0 saturated carbocycles. The van der Waals surface area contributed by atoms with E-state index >= 15 is 0 Å². The summed E-state index contributed by atoms with van der Waals surface area (Å²) in [6, 6.07) is 7.22. The summed E-state index contributed by atoms with van der Waals surface area (Å²) in [6.45, 7) is 1.17. The van der Waals surface area contributed by atoms with Crippen LogP contribution in [-0.2, 0) is 4.79 Å². The minimum Gasteiger partial charge on any atom is -0.497 e. The van der Waals surface area contributed by atoms with E-state index in [0.29, 0.717) is 24.5 Å². The van der Waals surface area contributed by atoms with Crippen LogP contribution >= 0.6 is 0 Å². The molecule has 1 aliphatic heterocycles. The summed E-state index contributed by atoms with van der Waals surface area (Å²) in [4.78, 5) is 27.7. The molecule has 1 aromatic rings. The van der Waals surface area contributed by atoms with E-state index in [9.17, 15) is 9.59 Å². The van der Waals surface area contributed by atoms with Crippen molar-refractivity contribution in [1.82, 2.24) is 9.80 Å². The molecule has 0 spiro atoms. The molecule has 6 nitrogen and oxygen atoms in total. The Morgan fingerprint density at radius 2 is 2.14 bits per heavy atom. The van der Waals surface area contributed by atoms with Gasteiger partial charge in [0.05, 0.1) is 13.0 Å². The van der Waals surface area contributed by atoms with Crippen LogP contribution < -0.4 is 10.1 Å². The van der Waals surface area contributed by atoms with Gasteiger partial charge in [-0.25, -0.2) is 4.79 Å². The van der Waals surface area contributed by atoms with Crippen LogP contribution in [0.5, 0.6) is 5.75 Å². The Labute approximate surface area is 131 Å². The Balaban J connectivity index is 1.98. The molecule has 1 fully saturated rings. The number of carbonyl (C=O) groups excluding carboxylic acids is 2. The largest absolute Gasteiger partial charge is 0.497 e. The summed E-state index contributed by atoms with van der Waals surface area (Å²) in [5, 5.41) is 2.90. The molecule has 0 radical (unpaired) electrons. The Morgan fingerprint density at radius 1 is 1.36 bits per heavy atom. The van der Waals surface area contributed by atoms with Gasteiger partial charge in [0.2, 0.25) is 5.91 Å². The molecular formula is C16H23N3O3. The van der Waals surface area contributed by atoms with E-state index < -0.39 is 0 Å². The van der Waals surface area contributed by atoms with Gasteiger partial charge in [0.1, 0.15) is 5.75 Å². The van der Waals surface area contributed by atoms with Crippen LogP contribution in [0.25, 0.3) is 0 Å². The fourth-order valence-corrected chi connectivity index (χ4v) is 2.59. The van der Waals surface area contributed by atoms with E-state index in [4.69, 9.17) is 4.74 Å². The fourth-order valence-electron chi connectivity index (χ4n) is 2.59. The molecule has 2 rings (SSSR count). The van der Waals surface area contributed by atoms with Gasteiger partial charge in [-0.05, 0) is 25.0 Å². The second kappa shape index (κ2) is 7.15. The van der Waals surface area contributed by atoms with Gasteiger partial charge in [-0.1, -0.05) is 6.07 Å². The van der Waals surface area contributed by atoms with E-state index in [-0.39, 0.29) is 17.9 Å². The Hall–Kier alpha value is -2.24. The van der Waals surface area contributed by atoms with Crippen LogP contribution in [0.1, 0.15) is 12.8 Å². The number of likely N-dealkylation sites (tertiary alicyclic amines) is 1. The molecule has 1 aliphatic rings. The number of benzene rings is 1. The average Bonchev–Trinajstić information content (AvgIpc) is 2.54. The molecule has 6 heteroatoms. The highest BCUT2D eigenvalue weighted by molar-refractivity contribution is 5.93. The molecule has 3 amide bonds. The van der Waals surface area contributed by atoms with Crippen LogP contribution in [0.15, 0.2) is 24.3 Å². The maximum atomic E-state index is 12.4. The number of methoxy groups -OCH3 is 1. The Bertz CT molecular complexity index is 545. The monoisotopic (exact) mass is 305 g/mol. The number of carbonyl (C=O) groups is 2. The molecule has 0 aromatic heterocycles. The summed E-state index contributed by atoms with van der Waals surface area (Å²) in [5.41, 5.74) is 0.709. The number of urea groups is 1. The summed E-state index contributed by atoms with van der Waals surface area (Å²) >= 11 is 0. The second-order valence-electron chi connectivity index (χ2n) is 5.68. The summed E-state index contributed by atoms with van der Waals surface area (Å²) in [7, 11) is 5.04. The van der Waals surface area contributed by atoms with E-state index in [1.54, 1.807) is 37.1 Å². The van der Waals surface area contributed by atoms with Crippen LogP contribution in [0, 0.1) is 5.92 Å². The first-order valence-corrected chi connectivity index (χ1v) is 7.42. The van der Waals surface area contributed by atoms with Crippen molar-refractivity contribution in [2.75, 3.05) is 39.6 Å². The maximum Gasteiger partial charge on any atom is 0.319 e. The van der Waals surface area contributed by atoms with Crippen molar-refractivity contribution in [3.63, 3.8) is 0 Å². The third kappa shape index (κ3) is 3.90. The maximum absolute atomic E-state index is 12.4. The lowest BCUT2D eigenvalue weighted by Gasteiger charge is -2.33. The smallest absolute Gasteiger partial charge is 0.319 e. The molecule has 1 N–H and O–H groups in total. The van der Waals surface area contributed by atoms with Crippen molar-refractivity contribution in [3.05, 3.63) is 24.3 Å². The zero-order valence-corrected chi connectivity index (χ0v) is 13.3.